The summed E-state index contributed by atoms with van der Waals surface area (Å²) in [7, 11) is 3.73. The zero-order valence-electron chi connectivity index (χ0n) is 10.3. The fourth-order valence-corrected chi connectivity index (χ4v) is 1.96. The highest BCUT2D eigenvalue weighted by molar-refractivity contribution is 6.31. The van der Waals surface area contributed by atoms with E-state index in [1.54, 1.807) is 4.68 Å². The van der Waals surface area contributed by atoms with Crippen molar-refractivity contribution in [2.45, 2.75) is 19.9 Å². The molecule has 1 aromatic heterocycles. The number of hydrogen-bond acceptors (Lipinski definition) is 4. The Morgan fingerprint density at radius 3 is 2.76 bits per heavy atom. The van der Waals surface area contributed by atoms with E-state index >= 15 is 0 Å². The van der Waals surface area contributed by atoms with E-state index in [4.69, 9.17) is 22.5 Å². The average Bonchev–Trinajstić information content (AvgIpc) is 2.56. The lowest BCUT2D eigenvalue weighted by molar-refractivity contribution is 0.307. The molecule has 7 heteroatoms. The molecule has 17 heavy (non-hydrogen) atoms. The largest absolute Gasteiger partial charge is 0.409 e. The maximum atomic E-state index is 8.49. The van der Waals surface area contributed by atoms with Crippen molar-refractivity contribution >= 4 is 17.4 Å². The maximum absolute atomic E-state index is 8.49. The van der Waals surface area contributed by atoms with Crippen molar-refractivity contribution in [1.29, 1.82) is 0 Å². The number of amidine groups is 1. The molecule has 0 amide bonds. The van der Waals surface area contributed by atoms with Crippen molar-refractivity contribution in [3.05, 3.63) is 16.4 Å². The van der Waals surface area contributed by atoms with Gasteiger partial charge in [0.15, 0.2) is 5.84 Å². The Labute approximate surface area is 106 Å². The summed E-state index contributed by atoms with van der Waals surface area (Å²) in [6.45, 7) is 2.98. The summed E-state index contributed by atoms with van der Waals surface area (Å²) in [6.07, 6.45) is 0.802. The maximum Gasteiger partial charge on any atom is 0.153 e. The first kappa shape index (κ1) is 13.8. The molecule has 96 valence electrons. The van der Waals surface area contributed by atoms with Crippen LogP contribution in [-0.2, 0) is 20.0 Å². The Morgan fingerprint density at radius 2 is 2.29 bits per heavy atom. The lowest BCUT2D eigenvalue weighted by Gasteiger charge is -2.15. The van der Waals surface area contributed by atoms with Gasteiger partial charge >= 0.3 is 0 Å². The quantitative estimate of drug-likeness (QED) is 0.355. The minimum atomic E-state index is 0.168. The topological polar surface area (TPSA) is 79.7 Å². The number of likely N-dealkylation sites (N-methyl/N-ethyl adjacent to an activating group) is 1. The first-order chi connectivity index (χ1) is 7.99. The summed E-state index contributed by atoms with van der Waals surface area (Å²) in [5, 5.41) is 16.5. The highest BCUT2D eigenvalue weighted by Gasteiger charge is 2.14. The molecule has 0 saturated carbocycles. The number of aryl methyl sites for hydroxylation is 2. The smallest absolute Gasteiger partial charge is 0.153 e. The third-order valence-electron chi connectivity index (χ3n) is 2.48. The van der Waals surface area contributed by atoms with Gasteiger partial charge in [-0.1, -0.05) is 23.7 Å². The summed E-state index contributed by atoms with van der Waals surface area (Å²) >= 11 is 6.22. The van der Waals surface area contributed by atoms with Gasteiger partial charge in [-0.25, -0.2) is 0 Å². The van der Waals surface area contributed by atoms with Crippen LogP contribution in [0.4, 0.5) is 0 Å². The first-order valence-corrected chi connectivity index (χ1v) is 5.72. The molecule has 1 rings (SSSR count). The normalized spacial score (nSPS) is 12.4. The number of hydrogen-bond donors (Lipinski definition) is 2. The van der Waals surface area contributed by atoms with Crippen molar-refractivity contribution in [3.8, 4) is 0 Å². The second kappa shape index (κ2) is 5.88. The summed E-state index contributed by atoms with van der Waals surface area (Å²) in [5.41, 5.74) is 7.26. The van der Waals surface area contributed by atoms with E-state index in [-0.39, 0.29) is 5.84 Å². The van der Waals surface area contributed by atoms with E-state index in [0.29, 0.717) is 18.1 Å². The molecular weight excluding hydrogens is 242 g/mol. The van der Waals surface area contributed by atoms with Crippen LogP contribution in [-0.4, -0.2) is 39.3 Å². The number of nitrogens with zero attached hydrogens (tertiary/aromatic N) is 4. The van der Waals surface area contributed by atoms with Crippen LogP contribution in [0.1, 0.15) is 18.3 Å². The predicted octanol–water partition coefficient (Wildman–Crippen LogP) is 0.814. The molecule has 0 bridgehead atoms. The van der Waals surface area contributed by atoms with Gasteiger partial charge in [-0.3, -0.25) is 9.58 Å². The number of aromatic nitrogens is 2. The number of halogens is 1. The number of rotatable bonds is 5. The highest BCUT2D eigenvalue weighted by Crippen LogP contribution is 2.21. The number of oxime groups is 1. The first-order valence-electron chi connectivity index (χ1n) is 5.34. The van der Waals surface area contributed by atoms with E-state index in [2.05, 4.69) is 10.3 Å². The summed E-state index contributed by atoms with van der Waals surface area (Å²) in [6, 6.07) is 0. The molecule has 1 heterocycles. The van der Waals surface area contributed by atoms with E-state index in [0.717, 1.165) is 17.8 Å². The molecule has 0 atom stereocenters. The van der Waals surface area contributed by atoms with Gasteiger partial charge in [0, 0.05) is 13.6 Å². The minimum absolute atomic E-state index is 0.168. The van der Waals surface area contributed by atoms with Crippen LogP contribution in [0, 0.1) is 0 Å². The van der Waals surface area contributed by atoms with Crippen LogP contribution >= 0.6 is 11.6 Å². The SMILES string of the molecule is CCc1nn(C)c(CN(C)CC(N)=NO)c1Cl. The second-order valence-electron chi connectivity index (χ2n) is 3.95. The van der Waals surface area contributed by atoms with Crippen molar-refractivity contribution in [1.82, 2.24) is 14.7 Å². The Balaban J connectivity index is 2.78. The average molecular weight is 260 g/mol. The molecule has 0 radical (unpaired) electrons. The van der Waals surface area contributed by atoms with Gasteiger partial charge in [0.25, 0.3) is 0 Å². The Morgan fingerprint density at radius 1 is 1.65 bits per heavy atom. The molecule has 0 saturated heterocycles. The standard InChI is InChI=1S/C10H18ClN5O/c1-4-7-10(11)8(16(3)13-7)5-15(2)6-9(12)14-17/h17H,4-6H2,1-3H3,(H2,12,14). The van der Waals surface area contributed by atoms with Crippen LogP contribution in [0.3, 0.4) is 0 Å². The van der Waals surface area contributed by atoms with Crippen molar-refractivity contribution < 1.29 is 5.21 Å². The van der Waals surface area contributed by atoms with Crippen molar-refractivity contribution in [3.63, 3.8) is 0 Å². The van der Waals surface area contributed by atoms with Gasteiger partial charge in [-0.05, 0) is 13.5 Å². The van der Waals surface area contributed by atoms with Gasteiger partial charge in [0.1, 0.15) is 0 Å². The molecule has 6 nitrogen and oxygen atoms in total. The molecule has 0 spiro atoms. The zero-order chi connectivity index (χ0) is 13.0. The van der Waals surface area contributed by atoms with Gasteiger partial charge in [0.05, 0.1) is 23.0 Å². The van der Waals surface area contributed by atoms with E-state index in [1.165, 1.54) is 0 Å². The fraction of sp³-hybridized carbons (Fsp3) is 0.600. The van der Waals surface area contributed by atoms with Crippen molar-refractivity contribution in [2.24, 2.45) is 17.9 Å². The molecule has 0 unspecified atom stereocenters. The van der Waals surface area contributed by atoms with Crippen LogP contribution in [0.25, 0.3) is 0 Å². The van der Waals surface area contributed by atoms with Crippen LogP contribution in [0.2, 0.25) is 5.02 Å². The third kappa shape index (κ3) is 3.34. The van der Waals surface area contributed by atoms with Gasteiger partial charge < -0.3 is 10.9 Å². The summed E-state index contributed by atoms with van der Waals surface area (Å²) in [5.74, 6) is 0.168. The Hall–Kier alpha value is -1.27. The molecule has 0 aromatic carbocycles. The lowest BCUT2D eigenvalue weighted by Crippen LogP contribution is -2.31. The summed E-state index contributed by atoms with van der Waals surface area (Å²) in [4.78, 5) is 1.90. The molecule has 0 aliphatic carbocycles. The molecule has 1 aromatic rings. The van der Waals surface area contributed by atoms with Crippen LogP contribution < -0.4 is 5.73 Å². The lowest BCUT2D eigenvalue weighted by atomic mass is 10.3. The molecule has 0 aliphatic heterocycles. The number of nitrogens with two attached hydrogens (primary N) is 1. The summed E-state index contributed by atoms with van der Waals surface area (Å²) < 4.78 is 1.77. The zero-order valence-corrected chi connectivity index (χ0v) is 11.1. The van der Waals surface area contributed by atoms with E-state index in [1.807, 2.05) is 25.9 Å². The molecular formula is C10H18ClN5O. The molecule has 0 aliphatic rings. The molecule has 0 fully saturated rings. The van der Waals surface area contributed by atoms with Gasteiger partial charge in [-0.2, -0.15) is 5.10 Å². The van der Waals surface area contributed by atoms with Gasteiger partial charge in [-0.15, -0.1) is 0 Å². The minimum Gasteiger partial charge on any atom is -0.409 e. The van der Waals surface area contributed by atoms with Gasteiger partial charge in [0.2, 0.25) is 0 Å². The van der Waals surface area contributed by atoms with E-state index in [9.17, 15) is 0 Å². The van der Waals surface area contributed by atoms with Crippen LogP contribution in [0.5, 0.6) is 0 Å². The second-order valence-corrected chi connectivity index (χ2v) is 4.33. The monoisotopic (exact) mass is 259 g/mol. The Kier molecular flexibility index (Phi) is 4.77. The Bertz CT molecular complexity index is 415. The van der Waals surface area contributed by atoms with E-state index < -0.39 is 0 Å². The third-order valence-corrected chi connectivity index (χ3v) is 2.92. The van der Waals surface area contributed by atoms with Crippen LogP contribution in [0.15, 0.2) is 5.16 Å². The highest BCUT2D eigenvalue weighted by atomic mass is 35.5. The fourth-order valence-electron chi connectivity index (χ4n) is 1.61. The molecule has 3 N–H and O–H groups in total. The van der Waals surface area contributed by atoms with Crippen molar-refractivity contribution in [2.75, 3.05) is 13.6 Å². The predicted molar refractivity (Wildman–Crippen MR) is 67.3 cm³/mol.